The Hall–Kier alpha value is -0.240. The predicted octanol–water partition coefficient (Wildman–Crippen LogP) is 1.12. The van der Waals surface area contributed by atoms with Crippen LogP contribution in [0, 0.1) is 0 Å². The fourth-order valence-electron chi connectivity index (χ4n) is 1.12. The van der Waals surface area contributed by atoms with Crippen LogP contribution < -0.4 is 0 Å². The molecule has 0 aliphatic heterocycles. The maximum absolute atomic E-state index is 10.1. The van der Waals surface area contributed by atoms with E-state index < -0.39 is 11.8 Å². The Morgan fingerprint density at radius 3 is 1.94 bits per heavy atom. The second-order valence-corrected chi connectivity index (χ2v) is 4.62. The lowest BCUT2D eigenvalue weighted by molar-refractivity contribution is -0.504. The number of aliphatic hydroxyl groups is 1. The molecule has 0 radical (unpaired) electrons. The van der Waals surface area contributed by atoms with E-state index in [1.807, 2.05) is 6.92 Å². The molecule has 0 amide bonds. The second-order valence-electron chi connectivity index (χ2n) is 4.62. The van der Waals surface area contributed by atoms with Crippen LogP contribution in [0.3, 0.4) is 0 Å². The van der Waals surface area contributed by atoms with Crippen molar-refractivity contribution in [2.24, 2.45) is 0 Å². The van der Waals surface area contributed by atoms with E-state index in [1.165, 1.54) is 0 Å². The molecule has 18 heavy (non-hydrogen) atoms. The van der Waals surface area contributed by atoms with Crippen LogP contribution in [0.1, 0.15) is 27.7 Å². The summed E-state index contributed by atoms with van der Waals surface area (Å²) in [6.07, 6.45) is -2.08. The van der Waals surface area contributed by atoms with Gasteiger partial charge < -0.3 is 24.1 Å². The van der Waals surface area contributed by atoms with Crippen LogP contribution in [0.5, 0.6) is 0 Å². The Kier molecular flexibility index (Phi) is 8.67. The average Bonchev–Trinajstić information content (AvgIpc) is 2.22. The maximum atomic E-state index is 10.1. The van der Waals surface area contributed by atoms with E-state index in [-0.39, 0.29) is 13.2 Å². The van der Waals surface area contributed by atoms with Gasteiger partial charge in [0.1, 0.15) is 0 Å². The highest BCUT2D eigenvalue weighted by molar-refractivity contribution is 4.60. The van der Waals surface area contributed by atoms with Gasteiger partial charge in [0.2, 0.25) is 0 Å². The quantitative estimate of drug-likeness (QED) is 0.472. The molecule has 0 rings (SSSR count). The lowest BCUT2D eigenvalue weighted by Gasteiger charge is -2.33. The van der Waals surface area contributed by atoms with Gasteiger partial charge in [0.15, 0.2) is 0 Å². The zero-order valence-electron chi connectivity index (χ0n) is 12.0. The molecule has 0 spiro atoms. The Morgan fingerprint density at radius 2 is 1.50 bits per heavy atom. The largest absolute Gasteiger partial charge is 0.410 e. The highest BCUT2D eigenvalue weighted by Gasteiger charge is 2.36. The normalized spacial score (nSPS) is 15.7. The predicted molar refractivity (Wildman–Crippen MR) is 66.1 cm³/mol. The summed E-state index contributed by atoms with van der Waals surface area (Å²) in [4.78, 5) is 0. The summed E-state index contributed by atoms with van der Waals surface area (Å²) in [5.74, 6) is 0. The van der Waals surface area contributed by atoms with Crippen molar-refractivity contribution in [1.29, 1.82) is 0 Å². The second kappa shape index (κ2) is 8.79. The lowest BCUT2D eigenvalue weighted by atomic mass is 10.2. The Morgan fingerprint density at radius 1 is 0.944 bits per heavy atom. The third kappa shape index (κ3) is 9.76. The van der Waals surface area contributed by atoms with Crippen LogP contribution >= 0.6 is 0 Å². The molecule has 0 bridgehead atoms. The van der Waals surface area contributed by atoms with E-state index in [0.717, 1.165) is 0 Å². The summed E-state index contributed by atoms with van der Waals surface area (Å²) in [5.41, 5.74) is -0.604. The minimum atomic E-state index is -2.08. The third-order valence-corrected chi connectivity index (χ3v) is 1.72. The topological polar surface area (TPSA) is 66.4 Å². The molecule has 0 aromatic carbocycles. The van der Waals surface area contributed by atoms with Crippen molar-refractivity contribution >= 4 is 0 Å². The molecule has 6 nitrogen and oxygen atoms in total. The third-order valence-electron chi connectivity index (χ3n) is 1.72. The Labute approximate surface area is 109 Å². The van der Waals surface area contributed by atoms with Gasteiger partial charge in [-0.05, 0) is 27.7 Å². The summed E-state index contributed by atoms with van der Waals surface area (Å²) in [6, 6.07) is 0. The van der Waals surface area contributed by atoms with Crippen molar-refractivity contribution in [3.05, 3.63) is 0 Å². The summed E-state index contributed by atoms with van der Waals surface area (Å²) in [5, 5.41) is 10.1. The number of rotatable bonds is 10. The van der Waals surface area contributed by atoms with E-state index >= 15 is 0 Å². The average molecular weight is 266 g/mol. The first kappa shape index (κ1) is 17.8. The first-order valence-corrected chi connectivity index (χ1v) is 6.10. The van der Waals surface area contributed by atoms with Gasteiger partial charge >= 0.3 is 6.16 Å². The number of hydrogen-bond donors (Lipinski definition) is 1. The van der Waals surface area contributed by atoms with E-state index in [4.69, 9.17) is 23.7 Å². The van der Waals surface area contributed by atoms with E-state index in [0.29, 0.717) is 19.8 Å². The van der Waals surface area contributed by atoms with Crippen molar-refractivity contribution in [3.8, 4) is 0 Å². The maximum Gasteiger partial charge on any atom is 0.410 e. The van der Waals surface area contributed by atoms with E-state index in [1.54, 1.807) is 27.9 Å². The van der Waals surface area contributed by atoms with Gasteiger partial charge in [-0.3, -0.25) is 4.74 Å². The molecule has 0 aromatic heterocycles. The fraction of sp³-hybridized carbons (Fsp3) is 1.00. The molecule has 1 unspecified atom stereocenters. The minimum absolute atomic E-state index is 0.164. The van der Waals surface area contributed by atoms with Gasteiger partial charge in [-0.15, -0.1) is 0 Å². The first-order chi connectivity index (χ1) is 8.33. The van der Waals surface area contributed by atoms with Gasteiger partial charge in [-0.25, -0.2) is 0 Å². The molecule has 110 valence electrons. The van der Waals surface area contributed by atoms with Crippen LogP contribution in [0.2, 0.25) is 0 Å². The molecule has 0 heterocycles. The van der Waals surface area contributed by atoms with Crippen LogP contribution in [0.25, 0.3) is 0 Å². The molecule has 6 heteroatoms. The smallest absolute Gasteiger partial charge is 0.382 e. The summed E-state index contributed by atoms with van der Waals surface area (Å²) in [6.45, 7) is 8.89. The zero-order valence-corrected chi connectivity index (χ0v) is 12.0. The molecule has 0 fully saturated rings. The summed E-state index contributed by atoms with van der Waals surface area (Å²) in [7, 11) is 1.54. The van der Waals surface area contributed by atoms with Gasteiger partial charge in [-0.1, -0.05) is 0 Å². The van der Waals surface area contributed by atoms with Crippen LogP contribution in [0.15, 0.2) is 0 Å². The molecule has 0 saturated carbocycles. The van der Waals surface area contributed by atoms with Crippen LogP contribution in [-0.2, 0) is 23.7 Å². The van der Waals surface area contributed by atoms with Gasteiger partial charge in [0, 0.05) is 13.7 Å². The summed E-state index contributed by atoms with van der Waals surface area (Å²) < 4.78 is 25.6. The van der Waals surface area contributed by atoms with Crippen LogP contribution in [0.4, 0.5) is 0 Å². The van der Waals surface area contributed by atoms with Gasteiger partial charge in [0.25, 0.3) is 0 Å². The first-order valence-electron chi connectivity index (χ1n) is 6.10. The molecular weight excluding hydrogens is 240 g/mol. The van der Waals surface area contributed by atoms with E-state index in [2.05, 4.69) is 0 Å². The van der Waals surface area contributed by atoms with Crippen molar-refractivity contribution in [2.45, 2.75) is 39.5 Å². The highest BCUT2D eigenvalue weighted by Crippen LogP contribution is 2.20. The number of methoxy groups -OCH3 is 1. The standard InChI is InChI=1S/C12H26O6/c1-6-15-8-10-17-12(13,16-9-7-14-5)18-11(2,3)4/h13H,6-10H2,1-5H3. The Balaban J connectivity index is 4.21. The van der Waals surface area contributed by atoms with Crippen LogP contribution in [-0.4, -0.2) is 57.0 Å². The molecule has 0 aliphatic carbocycles. The van der Waals surface area contributed by atoms with Gasteiger partial charge in [0.05, 0.1) is 32.0 Å². The van der Waals surface area contributed by atoms with Gasteiger partial charge in [-0.2, -0.15) is 0 Å². The molecule has 0 saturated heterocycles. The fourth-order valence-corrected chi connectivity index (χ4v) is 1.12. The van der Waals surface area contributed by atoms with Crippen molar-refractivity contribution in [2.75, 3.05) is 40.1 Å². The molecule has 1 atom stereocenters. The molecule has 1 N–H and O–H groups in total. The van der Waals surface area contributed by atoms with E-state index in [9.17, 15) is 5.11 Å². The zero-order chi connectivity index (χ0) is 14.1. The summed E-state index contributed by atoms with van der Waals surface area (Å²) >= 11 is 0. The minimum Gasteiger partial charge on any atom is -0.382 e. The SMILES string of the molecule is CCOCCOC(O)(OCCOC)OC(C)(C)C. The van der Waals surface area contributed by atoms with Crippen molar-refractivity contribution in [3.63, 3.8) is 0 Å². The lowest BCUT2D eigenvalue weighted by Crippen LogP contribution is -2.46. The molecule has 0 aliphatic rings. The highest BCUT2D eigenvalue weighted by atomic mass is 17.0. The Bertz CT molecular complexity index is 203. The number of ether oxygens (including phenoxy) is 5. The molecule has 0 aromatic rings. The molecular formula is C12H26O6. The monoisotopic (exact) mass is 266 g/mol. The van der Waals surface area contributed by atoms with Crippen molar-refractivity contribution < 1.29 is 28.8 Å². The van der Waals surface area contributed by atoms with Crippen molar-refractivity contribution in [1.82, 2.24) is 0 Å². The number of hydrogen-bond acceptors (Lipinski definition) is 6.